The molecule has 1 spiro atoms. The molecular weight excluding hydrogens is 376 g/mol. The van der Waals surface area contributed by atoms with E-state index in [0.717, 1.165) is 32.5 Å². The molecule has 2 aliphatic carbocycles. The fourth-order valence-corrected chi connectivity index (χ4v) is 5.14. The van der Waals surface area contributed by atoms with Gasteiger partial charge >= 0.3 is 16.4 Å². The van der Waals surface area contributed by atoms with E-state index in [1.165, 1.54) is 0 Å². The van der Waals surface area contributed by atoms with Gasteiger partial charge in [0.25, 0.3) is 0 Å². The Balaban J connectivity index is 1.42. The Hall–Kier alpha value is -1.43. The normalized spacial score (nSPS) is 28.2. The van der Waals surface area contributed by atoms with E-state index >= 15 is 0 Å². The first-order valence-corrected chi connectivity index (χ1v) is 10.8. The summed E-state index contributed by atoms with van der Waals surface area (Å²) >= 11 is 0. The number of hydrogen-bond donors (Lipinski definition) is 3. The number of urea groups is 1. The standard InChI is InChI=1S/C16H28N4O6S/c1-2-19-9-16(10-19)7-12(8-16)18-14(21)11-3-5-13(6-4-11)20(15(17)22)26-27(23,24)25/h11-13H,2-10H2,1H3,(H2,17,22)(H,18,21)(H,23,24,25)/t11-,13-. The van der Waals surface area contributed by atoms with E-state index in [-0.39, 0.29) is 17.9 Å². The van der Waals surface area contributed by atoms with E-state index in [1.807, 2.05) is 0 Å². The largest absolute Gasteiger partial charge is 0.418 e. The molecular formula is C16H28N4O6S. The molecule has 3 amide bonds. The fraction of sp³-hybridized carbons (Fsp3) is 0.875. The van der Waals surface area contributed by atoms with Gasteiger partial charge in [-0.2, -0.15) is 13.5 Å². The lowest BCUT2D eigenvalue weighted by molar-refractivity contribution is -0.133. The van der Waals surface area contributed by atoms with Gasteiger partial charge in [-0.25, -0.2) is 4.79 Å². The first kappa shape index (κ1) is 20.3. The molecule has 3 aliphatic rings. The molecule has 0 unspecified atom stereocenters. The Morgan fingerprint density at radius 3 is 2.33 bits per heavy atom. The molecule has 1 aliphatic heterocycles. The number of nitrogens with one attached hydrogen (secondary N) is 1. The van der Waals surface area contributed by atoms with Gasteiger partial charge in [0, 0.05) is 25.0 Å². The number of carbonyl (C=O) groups excluding carboxylic acids is 2. The maximum absolute atomic E-state index is 12.5. The van der Waals surface area contributed by atoms with Crippen LogP contribution in [0.3, 0.4) is 0 Å². The maximum atomic E-state index is 12.5. The van der Waals surface area contributed by atoms with Crippen molar-refractivity contribution >= 4 is 22.3 Å². The number of hydrogen-bond acceptors (Lipinski definition) is 6. The van der Waals surface area contributed by atoms with Crippen LogP contribution in [-0.2, 0) is 19.5 Å². The van der Waals surface area contributed by atoms with Crippen molar-refractivity contribution in [2.24, 2.45) is 17.1 Å². The highest BCUT2D eigenvalue weighted by atomic mass is 32.3. The van der Waals surface area contributed by atoms with Crippen molar-refractivity contribution in [3.05, 3.63) is 0 Å². The first-order valence-electron chi connectivity index (χ1n) is 9.39. The summed E-state index contributed by atoms with van der Waals surface area (Å²) in [5, 5.41) is 3.60. The third-order valence-corrected chi connectivity index (χ3v) is 6.41. The zero-order valence-electron chi connectivity index (χ0n) is 15.5. The molecule has 2 saturated carbocycles. The van der Waals surface area contributed by atoms with Crippen LogP contribution in [0.5, 0.6) is 0 Å². The van der Waals surface area contributed by atoms with E-state index in [1.54, 1.807) is 0 Å². The van der Waals surface area contributed by atoms with Gasteiger partial charge in [-0.05, 0) is 50.5 Å². The Labute approximate surface area is 159 Å². The van der Waals surface area contributed by atoms with Crippen molar-refractivity contribution in [1.82, 2.24) is 15.3 Å². The molecule has 3 rings (SSSR count). The lowest BCUT2D eigenvalue weighted by atomic mass is 9.60. The molecule has 1 saturated heterocycles. The fourth-order valence-electron chi connectivity index (χ4n) is 4.74. The summed E-state index contributed by atoms with van der Waals surface area (Å²) in [6.07, 6.45) is 3.80. The number of hydroxylamine groups is 2. The van der Waals surface area contributed by atoms with Crippen LogP contribution < -0.4 is 11.1 Å². The topological polar surface area (TPSA) is 142 Å². The number of primary amides is 1. The predicted octanol–water partition coefficient (Wildman–Crippen LogP) is 0.261. The van der Waals surface area contributed by atoms with Gasteiger partial charge in [-0.1, -0.05) is 6.92 Å². The molecule has 0 aromatic carbocycles. The van der Waals surface area contributed by atoms with E-state index in [4.69, 9.17) is 10.3 Å². The molecule has 1 heterocycles. The average molecular weight is 404 g/mol. The van der Waals surface area contributed by atoms with Crippen LogP contribution in [0.2, 0.25) is 0 Å². The summed E-state index contributed by atoms with van der Waals surface area (Å²) in [6.45, 7) is 5.47. The average Bonchev–Trinajstić information content (AvgIpc) is 2.52. The van der Waals surface area contributed by atoms with Gasteiger partial charge in [0.15, 0.2) is 0 Å². The van der Waals surface area contributed by atoms with E-state index in [2.05, 4.69) is 21.4 Å². The Kier molecular flexibility index (Phi) is 5.67. The summed E-state index contributed by atoms with van der Waals surface area (Å²) in [5.41, 5.74) is 5.53. The van der Waals surface area contributed by atoms with Crippen molar-refractivity contribution in [1.29, 1.82) is 0 Å². The smallest absolute Gasteiger partial charge is 0.353 e. The van der Waals surface area contributed by atoms with Crippen LogP contribution in [-0.4, -0.2) is 66.6 Å². The quantitative estimate of drug-likeness (QED) is 0.426. The highest BCUT2D eigenvalue weighted by Gasteiger charge is 2.52. The van der Waals surface area contributed by atoms with Crippen LogP contribution in [0.15, 0.2) is 0 Å². The van der Waals surface area contributed by atoms with E-state index in [9.17, 15) is 18.0 Å². The molecule has 4 N–H and O–H groups in total. The number of carbonyl (C=O) groups is 2. The molecule has 0 aromatic rings. The Morgan fingerprint density at radius 2 is 1.85 bits per heavy atom. The lowest BCUT2D eigenvalue weighted by Gasteiger charge is -2.59. The van der Waals surface area contributed by atoms with Crippen LogP contribution in [0.1, 0.15) is 45.4 Å². The second-order valence-electron chi connectivity index (χ2n) is 8.09. The molecule has 0 atom stereocenters. The van der Waals surface area contributed by atoms with Gasteiger partial charge in [0.2, 0.25) is 5.91 Å². The van der Waals surface area contributed by atoms with Crippen molar-refractivity contribution in [2.45, 2.75) is 57.5 Å². The Bertz CT molecular complexity index is 677. The summed E-state index contributed by atoms with van der Waals surface area (Å²) in [5.74, 6) is -0.159. The van der Waals surface area contributed by atoms with Crippen LogP contribution in [0, 0.1) is 11.3 Å². The van der Waals surface area contributed by atoms with Crippen molar-refractivity contribution in [2.75, 3.05) is 19.6 Å². The second-order valence-corrected chi connectivity index (χ2v) is 9.09. The zero-order chi connectivity index (χ0) is 19.8. The number of nitrogens with two attached hydrogens (primary N) is 1. The van der Waals surface area contributed by atoms with E-state index in [0.29, 0.717) is 36.2 Å². The molecule has 0 radical (unpaired) electrons. The van der Waals surface area contributed by atoms with Gasteiger partial charge in [0.05, 0.1) is 6.04 Å². The molecule has 27 heavy (non-hydrogen) atoms. The minimum Gasteiger partial charge on any atom is -0.353 e. The minimum absolute atomic E-state index is 0.0151. The Morgan fingerprint density at radius 1 is 1.26 bits per heavy atom. The lowest BCUT2D eigenvalue weighted by Crippen LogP contribution is -2.66. The third-order valence-electron chi connectivity index (χ3n) is 6.06. The molecule has 3 fully saturated rings. The maximum Gasteiger partial charge on any atom is 0.418 e. The number of likely N-dealkylation sites (tertiary alicyclic amines) is 1. The molecule has 10 nitrogen and oxygen atoms in total. The van der Waals surface area contributed by atoms with Crippen LogP contribution >= 0.6 is 0 Å². The summed E-state index contributed by atoms with van der Waals surface area (Å²) in [4.78, 5) is 26.3. The SMILES string of the molecule is CCN1CC2(CC(NC(=O)[C@H]3CC[C@H](N(OS(=O)(=O)O)C(N)=O)CC3)C2)C1. The summed E-state index contributed by atoms with van der Waals surface area (Å²) in [6, 6.07) is -1.45. The van der Waals surface area contributed by atoms with Gasteiger partial charge in [0.1, 0.15) is 0 Å². The van der Waals surface area contributed by atoms with Crippen molar-refractivity contribution in [3.63, 3.8) is 0 Å². The second kappa shape index (κ2) is 7.53. The van der Waals surface area contributed by atoms with Gasteiger partial charge < -0.3 is 16.0 Å². The first-order chi connectivity index (χ1) is 12.6. The molecule has 11 heteroatoms. The van der Waals surface area contributed by atoms with Crippen LogP contribution in [0.4, 0.5) is 4.79 Å². The zero-order valence-corrected chi connectivity index (χ0v) is 16.3. The van der Waals surface area contributed by atoms with Gasteiger partial charge in [-0.3, -0.25) is 9.35 Å². The highest BCUT2D eigenvalue weighted by Crippen LogP contribution is 2.48. The monoisotopic (exact) mass is 404 g/mol. The molecule has 0 bridgehead atoms. The number of amides is 3. The van der Waals surface area contributed by atoms with Crippen molar-refractivity contribution in [3.8, 4) is 0 Å². The van der Waals surface area contributed by atoms with Crippen molar-refractivity contribution < 1.29 is 26.8 Å². The number of rotatable bonds is 6. The minimum atomic E-state index is -4.83. The van der Waals surface area contributed by atoms with Gasteiger partial charge in [-0.15, -0.1) is 4.28 Å². The third kappa shape index (κ3) is 4.71. The number of nitrogens with zero attached hydrogens (tertiary/aromatic N) is 2. The predicted molar refractivity (Wildman–Crippen MR) is 95.5 cm³/mol. The summed E-state index contributed by atoms with van der Waals surface area (Å²) < 4.78 is 34.8. The molecule has 154 valence electrons. The van der Waals surface area contributed by atoms with Crippen LogP contribution in [0.25, 0.3) is 0 Å². The highest BCUT2D eigenvalue weighted by molar-refractivity contribution is 7.80. The molecule has 0 aromatic heterocycles. The summed E-state index contributed by atoms with van der Waals surface area (Å²) in [7, 11) is -4.83. The van der Waals surface area contributed by atoms with E-state index < -0.39 is 22.5 Å².